The number of hydrogen-bond acceptors (Lipinski definition) is 5. The maximum Gasteiger partial charge on any atom is 0.236 e. The molecule has 1 unspecified atom stereocenters. The van der Waals surface area contributed by atoms with E-state index in [1.807, 2.05) is 29.3 Å². The van der Waals surface area contributed by atoms with Crippen LogP contribution in [0.15, 0.2) is 21.9 Å². The van der Waals surface area contributed by atoms with Gasteiger partial charge in [-0.15, -0.1) is 36.2 Å². The van der Waals surface area contributed by atoms with Crippen LogP contribution in [-0.2, 0) is 11.2 Å². The molecule has 0 aliphatic carbocycles. The molecule has 134 valence electrons. The van der Waals surface area contributed by atoms with E-state index in [0.29, 0.717) is 18.9 Å². The zero-order valence-corrected chi connectivity index (χ0v) is 16.2. The summed E-state index contributed by atoms with van der Waals surface area (Å²) >= 11 is 1.58. The minimum Gasteiger partial charge on any atom is -0.440 e. The lowest BCUT2D eigenvalue weighted by Gasteiger charge is -2.22. The Morgan fingerprint density at radius 3 is 2.83 bits per heavy atom. The molecule has 2 aromatic rings. The first-order chi connectivity index (χ1) is 10.5. The third-order valence-electron chi connectivity index (χ3n) is 4.35. The molecule has 0 bridgehead atoms. The number of halogens is 2. The fourth-order valence-corrected chi connectivity index (χ4v) is 3.40. The SMILES string of the molecule is Cc1oc(-c2cccs2)nc1CC(=O)N1CCC(C)(CN)C1.Cl.Cl. The van der Waals surface area contributed by atoms with E-state index >= 15 is 0 Å². The van der Waals surface area contributed by atoms with Crippen LogP contribution in [0.25, 0.3) is 10.8 Å². The van der Waals surface area contributed by atoms with Gasteiger partial charge in [-0.1, -0.05) is 13.0 Å². The van der Waals surface area contributed by atoms with Gasteiger partial charge in [0.1, 0.15) is 5.76 Å². The molecule has 2 aromatic heterocycles. The Labute approximate surface area is 158 Å². The zero-order chi connectivity index (χ0) is 15.7. The fraction of sp³-hybridized carbons (Fsp3) is 0.500. The molecule has 3 heterocycles. The molecule has 1 fully saturated rings. The van der Waals surface area contributed by atoms with Gasteiger partial charge in [-0.05, 0) is 36.8 Å². The molecule has 0 radical (unpaired) electrons. The van der Waals surface area contributed by atoms with Crippen LogP contribution >= 0.6 is 36.2 Å². The number of aryl methyl sites for hydroxylation is 1. The van der Waals surface area contributed by atoms with Crippen molar-refractivity contribution in [1.82, 2.24) is 9.88 Å². The van der Waals surface area contributed by atoms with E-state index in [9.17, 15) is 4.79 Å². The van der Waals surface area contributed by atoms with Gasteiger partial charge in [0, 0.05) is 13.1 Å². The van der Waals surface area contributed by atoms with Crippen molar-refractivity contribution in [2.45, 2.75) is 26.7 Å². The summed E-state index contributed by atoms with van der Waals surface area (Å²) < 4.78 is 5.69. The van der Waals surface area contributed by atoms with Gasteiger partial charge in [-0.3, -0.25) is 4.79 Å². The lowest BCUT2D eigenvalue weighted by molar-refractivity contribution is -0.129. The van der Waals surface area contributed by atoms with Crippen molar-refractivity contribution in [2.24, 2.45) is 11.1 Å². The van der Waals surface area contributed by atoms with Gasteiger partial charge in [0.25, 0.3) is 0 Å². The third kappa shape index (κ3) is 4.30. The largest absolute Gasteiger partial charge is 0.440 e. The molecule has 24 heavy (non-hydrogen) atoms. The second-order valence-electron chi connectivity index (χ2n) is 6.26. The number of amides is 1. The minimum absolute atomic E-state index is 0. The van der Waals surface area contributed by atoms with Crippen LogP contribution in [0.4, 0.5) is 0 Å². The van der Waals surface area contributed by atoms with Crippen molar-refractivity contribution in [2.75, 3.05) is 19.6 Å². The van der Waals surface area contributed by atoms with E-state index < -0.39 is 0 Å². The van der Waals surface area contributed by atoms with Crippen LogP contribution in [-0.4, -0.2) is 35.4 Å². The molecule has 1 aliphatic heterocycles. The van der Waals surface area contributed by atoms with Crippen LogP contribution < -0.4 is 5.73 Å². The summed E-state index contributed by atoms with van der Waals surface area (Å²) in [5.74, 6) is 1.42. The molecule has 1 aliphatic rings. The summed E-state index contributed by atoms with van der Waals surface area (Å²) in [6.45, 7) is 6.12. The average molecular weight is 392 g/mol. The van der Waals surface area contributed by atoms with E-state index in [-0.39, 0.29) is 36.1 Å². The summed E-state index contributed by atoms with van der Waals surface area (Å²) in [7, 11) is 0. The van der Waals surface area contributed by atoms with E-state index in [1.165, 1.54) is 0 Å². The lowest BCUT2D eigenvalue weighted by atomic mass is 9.90. The first-order valence-corrected chi connectivity index (χ1v) is 8.37. The molecule has 0 spiro atoms. The van der Waals surface area contributed by atoms with Crippen molar-refractivity contribution in [3.05, 3.63) is 29.0 Å². The number of carbonyl (C=O) groups excluding carboxylic acids is 1. The Morgan fingerprint density at radius 1 is 1.50 bits per heavy atom. The molecular formula is C16H23Cl2N3O2S. The highest BCUT2D eigenvalue weighted by atomic mass is 35.5. The van der Waals surface area contributed by atoms with E-state index in [4.69, 9.17) is 10.2 Å². The molecule has 5 nitrogen and oxygen atoms in total. The van der Waals surface area contributed by atoms with Gasteiger partial charge in [-0.2, -0.15) is 0 Å². The topological polar surface area (TPSA) is 72.4 Å². The lowest BCUT2D eigenvalue weighted by Crippen LogP contribution is -2.35. The van der Waals surface area contributed by atoms with Crippen molar-refractivity contribution in [3.8, 4) is 10.8 Å². The second-order valence-corrected chi connectivity index (χ2v) is 7.20. The third-order valence-corrected chi connectivity index (χ3v) is 5.20. The standard InChI is InChI=1S/C16H21N3O2S.2ClH/c1-11-12(18-15(21-11)13-4-3-7-22-13)8-14(20)19-6-5-16(2,9-17)10-19;;/h3-4,7H,5-6,8-10,17H2,1-2H3;2*1H. The molecule has 1 saturated heterocycles. The molecule has 8 heteroatoms. The molecule has 3 rings (SSSR count). The van der Waals surface area contributed by atoms with Crippen LogP contribution in [0, 0.1) is 12.3 Å². The Hall–Kier alpha value is -1.08. The van der Waals surface area contributed by atoms with Gasteiger partial charge < -0.3 is 15.1 Å². The van der Waals surface area contributed by atoms with Gasteiger partial charge in [0.2, 0.25) is 11.8 Å². The average Bonchev–Trinajstić information content (AvgIpc) is 3.20. The number of thiophene rings is 1. The van der Waals surface area contributed by atoms with Crippen LogP contribution in [0.3, 0.4) is 0 Å². The smallest absolute Gasteiger partial charge is 0.236 e. The van der Waals surface area contributed by atoms with Gasteiger partial charge in [-0.25, -0.2) is 4.98 Å². The van der Waals surface area contributed by atoms with Crippen molar-refractivity contribution < 1.29 is 9.21 Å². The Kier molecular flexibility index (Phi) is 7.28. The fourth-order valence-electron chi connectivity index (χ4n) is 2.76. The predicted octanol–water partition coefficient (Wildman–Crippen LogP) is 3.29. The number of hydrogen-bond donors (Lipinski definition) is 1. The summed E-state index contributed by atoms with van der Waals surface area (Å²) in [6, 6.07) is 3.93. The Morgan fingerprint density at radius 2 is 2.25 bits per heavy atom. The predicted molar refractivity (Wildman–Crippen MR) is 101 cm³/mol. The summed E-state index contributed by atoms with van der Waals surface area (Å²) in [6.07, 6.45) is 1.26. The molecule has 1 amide bonds. The summed E-state index contributed by atoms with van der Waals surface area (Å²) in [5.41, 5.74) is 6.58. The van der Waals surface area contributed by atoms with E-state index in [1.54, 1.807) is 11.3 Å². The number of likely N-dealkylation sites (tertiary alicyclic amines) is 1. The molecule has 0 aromatic carbocycles. The number of carbonyl (C=O) groups is 1. The first kappa shape index (κ1) is 21.0. The zero-order valence-electron chi connectivity index (χ0n) is 13.8. The van der Waals surface area contributed by atoms with E-state index in [2.05, 4.69) is 11.9 Å². The highest BCUT2D eigenvalue weighted by Crippen LogP contribution is 2.30. The molecule has 1 atom stereocenters. The maximum absolute atomic E-state index is 12.5. The Balaban J connectivity index is 0.00000144. The molecular weight excluding hydrogens is 369 g/mol. The van der Waals surface area contributed by atoms with E-state index in [0.717, 1.165) is 35.8 Å². The maximum atomic E-state index is 12.5. The molecule has 0 saturated carbocycles. The number of nitrogens with two attached hydrogens (primary N) is 1. The van der Waals surface area contributed by atoms with Gasteiger partial charge >= 0.3 is 0 Å². The first-order valence-electron chi connectivity index (χ1n) is 7.49. The minimum atomic E-state index is 0. The van der Waals surface area contributed by atoms with Gasteiger partial charge in [0.15, 0.2) is 0 Å². The van der Waals surface area contributed by atoms with Gasteiger partial charge in [0.05, 0.1) is 17.0 Å². The number of oxazole rings is 1. The van der Waals surface area contributed by atoms with Crippen LogP contribution in [0.5, 0.6) is 0 Å². The van der Waals surface area contributed by atoms with Crippen molar-refractivity contribution >= 4 is 42.1 Å². The molecule has 2 N–H and O–H groups in total. The number of aromatic nitrogens is 1. The normalized spacial score (nSPS) is 19.7. The second kappa shape index (κ2) is 8.34. The quantitative estimate of drug-likeness (QED) is 0.867. The van der Waals surface area contributed by atoms with Crippen LogP contribution in [0.1, 0.15) is 24.8 Å². The highest BCUT2D eigenvalue weighted by Gasteiger charge is 2.35. The van der Waals surface area contributed by atoms with Crippen LogP contribution in [0.2, 0.25) is 0 Å². The number of nitrogens with zero attached hydrogens (tertiary/aromatic N) is 2. The Bertz CT molecular complexity index is 675. The monoisotopic (exact) mass is 391 g/mol. The number of rotatable bonds is 4. The van der Waals surface area contributed by atoms with Crippen molar-refractivity contribution in [3.63, 3.8) is 0 Å². The summed E-state index contributed by atoms with van der Waals surface area (Å²) in [4.78, 5) is 19.8. The highest BCUT2D eigenvalue weighted by molar-refractivity contribution is 7.13. The summed E-state index contributed by atoms with van der Waals surface area (Å²) in [5, 5.41) is 1.98. The van der Waals surface area contributed by atoms with Crippen molar-refractivity contribution in [1.29, 1.82) is 0 Å².